The van der Waals surface area contributed by atoms with Crippen molar-refractivity contribution in [3.8, 4) is 0 Å². The van der Waals surface area contributed by atoms with Crippen molar-refractivity contribution in [1.82, 2.24) is 0 Å². The molecule has 7 rings (SSSR count). The van der Waals surface area contributed by atoms with Crippen molar-refractivity contribution in [2.75, 3.05) is 11.2 Å². The summed E-state index contributed by atoms with van der Waals surface area (Å²) in [5, 5.41) is 21.6. The van der Waals surface area contributed by atoms with Crippen molar-refractivity contribution in [1.29, 1.82) is 0 Å². The van der Waals surface area contributed by atoms with Crippen molar-refractivity contribution >= 4 is 104 Å². The third-order valence-electron chi connectivity index (χ3n) is 8.39. The number of nitrogens with zero attached hydrogens (tertiary/aromatic N) is 5. The average molecular weight is 878 g/mol. The first-order valence-corrected chi connectivity index (χ1v) is 20.1. The predicted octanol–water partition coefficient (Wildman–Crippen LogP) is -2.22. The molecule has 0 atom stereocenters. The van der Waals surface area contributed by atoms with E-state index >= 15 is 0 Å². The van der Waals surface area contributed by atoms with Crippen LogP contribution in [0.5, 0.6) is 0 Å². The molecule has 0 aliphatic heterocycles. The zero-order chi connectivity index (χ0) is 40.0. The maximum atomic E-state index is 13.4. The molecular formula is C36H22N7Na3O10S3. The quantitative estimate of drug-likeness (QED) is 0.0514. The van der Waals surface area contributed by atoms with Gasteiger partial charge < -0.3 is 19.4 Å². The van der Waals surface area contributed by atoms with E-state index in [1.165, 1.54) is 54.6 Å². The van der Waals surface area contributed by atoms with Crippen LogP contribution in [0.2, 0.25) is 0 Å². The van der Waals surface area contributed by atoms with Crippen LogP contribution in [0.15, 0.2) is 149 Å². The van der Waals surface area contributed by atoms with E-state index in [0.717, 1.165) is 30.3 Å². The molecule has 0 spiro atoms. The van der Waals surface area contributed by atoms with Crippen LogP contribution in [0.25, 0.3) is 27.6 Å². The summed E-state index contributed by atoms with van der Waals surface area (Å²) in [6.45, 7) is 0. The number of ketones is 1. The molecule has 0 saturated carbocycles. The van der Waals surface area contributed by atoms with Gasteiger partial charge in [0.05, 0.1) is 43.1 Å². The van der Waals surface area contributed by atoms with Gasteiger partial charge in [0.25, 0.3) is 0 Å². The second kappa shape index (κ2) is 19.0. The molecule has 59 heavy (non-hydrogen) atoms. The number of rotatable bonds is 9. The number of nitrogens with one attached hydrogen (secondary N) is 1. The van der Waals surface area contributed by atoms with Gasteiger partial charge in [0, 0.05) is 32.8 Å². The Kier molecular flexibility index (Phi) is 15.5. The number of hydrazone groups is 1. The summed E-state index contributed by atoms with van der Waals surface area (Å²) in [7, 11) is -15.1. The summed E-state index contributed by atoms with van der Waals surface area (Å²) in [5.41, 5.74) is 8.88. The number of nitrogens with two attached hydrogens (primary N) is 1. The fraction of sp³-hybridized carbons (Fsp3) is 0. The topological polar surface area (TPSA) is 289 Å². The van der Waals surface area contributed by atoms with Crippen molar-refractivity contribution < 1.29 is 132 Å². The van der Waals surface area contributed by atoms with Crippen molar-refractivity contribution in [2.24, 2.45) is 25.6 Å². The standard InChI is InChI=1S/C36H25N7O10S3.3Na/c37-21-7-6-20-16-34(56(51,52)53)35(36(44)27(20)17-21)43-42-31-13-15-33(29-19-24(55(48,49)50)9-11-26(29)31)41-40-32-14-12-30(39-38-22-4-2-1-3-5-22)25-10-8-23(18-28(25)32)54(45,46)47;;;/h1-19,42H,37H2,(H,45,46,47)(H,48,49,50)(H,51,52,53);;;/q;3*+1/p-3/b39-38?,41-40?,43-35-;;;. The maximum absolute atomic E-state index is 13.4. The van der Waals surface area contributed by atoms with Gasteiger partial charge in [-0.1, -0.05) is 36.4 Å². The summed E-state index contributed by atoms with van der Waals surface area (Å²) in [4.78, 5) is 11.3. The molecule has 0 saturated heterocycles. The second-order valence-corrected chi connectivity index (χ2v) is 16.1. The number of azo groups is 2. The Bertz CT molecular complexity index is 3130. The summed E-state index contributed by atoms with van der Waals surface area (Å²) in [6, 6.07) is 25.3. The molecular weight excluding hydrogens is 856 g/mol. The zero-order valence-corrected chi connectivity index (χ0v) is 39.5. The van der Waals surface area contributed by atoms with E-state index in [-0.39, 0.29) is 139 Å². The molecule has 0 aromatic heterocycles. The molecule has 0 unspecified atom stereocenters. The van der Waals surface area contributed by atoms with Gasteiger partial charge in [-0.3, -0.25) is 10.2 Å². The van der Waals surface area contributed by atoms with Crippen LogP contribution < -0.4 is 99.8 Å². The molecule has 1 aliphatic carbocycles. The summed E-state index contributed by atoms with van der Waals surface area (Å²) < 4.78 is 109. The largest absolute Gasteiger partial charge is 1.00 e. The zero-order valence-electron chi connectivity index (χ0n) is 31.1. The first kappa shape index (κ1) is 48.1. The van der Waals surface area contributed by atoms with Gasteiger partial charge in [0.2, 0.25) is 5.78 Å². The van der Waals surface area contributed by atoms with Gasteiger partial charge in [-0.25, -0.2) is 25.3 Å². The van der Waals surface area contributed by atoms with Crippen LogP contribution in [0, 0.1) is 0 Å². The van der Waals surface area contributed by atoms with E-state index in [2.05, 4.69) is 31.0 Å². The van der Waals surface area contributed by atoms with Crippen molar-refractivity contribution in [3.05, 3.63) is 125 Å². The first-order valence-electron chi connectivity index (χ1n) is 15.9. The normalized spacial score (nSPS) is 13.8. The molecule has 0 amide bonds. The number of Topliss-reactive ketones (excluding diaryl/α,β-unsaturated/α-hetero) is 1. The number of carbonyl (C=O) groups is 1. The monoisotopic (exact) mass is 877 g/mol. The fourth-order valence-corrected chi connectivity index (χ4v) is 7.39. The number of anilines is 2. The van der Waals surface area contributed by atoms with Crippen LogP contribution in [-0.2, 0) is 30.4 Å². The molecule has 0 fully saturated rings. The Balaban J connectivity index is 0.00000256. The van der Waals surface area contributed by atoms with Crippen LogP contribution in [0.3, 0.4) is 0 Å². The second-order valence-electron chi connectivity index (χ2n) is 12.0. The van der Waals surface area contributed by atoms with E-state index in [4.69, 9.17) is 5.73 Å². The number of hydrogen-bond acceptors (Lipinski definition) is 17. The molecule has 6 aromatic rings. The van der Waals surface area contributed by atoms with E-state index in [0.29, 0.717) is 16.8 Å². The molecule has 282 valence electrons. The first-order chi connectivity index (χ1) is 26.5. The number of carbonyl (C=O) groups excluding carboxylic acids is 1. The molecule has 0 heterocycles. The Labute approximate surface area is 403 Å². The van der Waals surface area contributed by atoms with Gasteiger partial charge in [-0.15, -0.1) is 15.3 Å². The van der Waals surface area contributed by atoms with Crippen LogP contribution in [-0.4, -0.2) is 50.4 Å². The third-order valence-corrected chi connectivity index (χ3v) is 10.9. The smallest absolute Gasteiger partial charge is 0.744 e. The average Bonchev–Trinajstić information content (AvgIpc) is 3.15. The van der Waals surface area contributed by atoms with Crippen molar-refractivity contribution in [2.45, 2.75) is 9.79 Å². The number of fused-ring (bicyclic) bond motifs is 3. The number of benzene rings is 6. The van der Waals surface area contributed by atoms with E-state index < -0.39 is 56.5 Å². The number of allylic oxidation sites excluding steroid dienone is 1. The number of hydrogen-bond donors (Lipinski definition) is 2. The third kappa shape index (κ3) is 10.7. The molecule has 23 heteroatoms. The minimum atomic E-state index is -5.22. The van der Waals surface area contributed by atoms with Crippen LogP contribution in [0.4, 0.5) is 34.1 Å². The summed E-state index contributed by atoms with van der Waals surface area (Å²) >= 11 is 0. The van der Waals surface area contributed by atoms with Crippen LogP contribution >= 0.6 is 0 Å². The van der Waals surface area contributed by atoms with E-state index in [1.807, 2.05) is 0 Å². The Morgan fingerprint density at radius 1 is 0.542 bits per heavy atom. The Hall–Kier alpha value is -3.55. The minimum absolute atomic E-state index is 0. The fourth-order valence-electron chi connectivity index (χ4n) is 5.75. The predicted molar refractivity (Wildman–Crippen MR) is 203 cm³/mol. The van der Waals surface area contributed by atoms with Crippen LogP contribution in [0.1, 0.15) is 15.9 Å². The SMILES string of the molecule is Nc1ccc2c(c1)C(=O)/C(=N\Nc1ccc(N=Nc3ccc(N=Nc4ccccc4)c4ccc(S(=O)(=O)[O-])cc34)c3cc(S(=O)(=O)[O-])ccc13)C(S(=O)(=O)[O-])=C2.[Na+].[Na+].[Na+]. The molecule has 1 aliphatic rings. The summed E-state index contributed by atoms with van der Waals surface area (Å²) in [5.74, 6) is -0.918. The molecule has 0 radical (unpaired) electrons. The number of nitrogen functional groups attached to an aromatic ring is 1. The Morgan fingerprint density at radius 2 is 1.07 bits per heavy atom. The Morgan fingerprint density at radius 3 is 1.64 bits per heavy atom. The molecule has 0 bridgehead atoms. The molecule has 3 N–H and O–H groups in total. The van der Waals surface area contributed by atoms with E-state index in [1.54, 1.807) is 30.3 Å². The van der Waals surface area contributed by atoms with Gasteiger partial charge in [0.1, 0.15) is 36.1 Å². The van der Waals surface area contributed by atoms with Gasteiger partial charge in [-0.05, 0) is 84.4 Å². The van der Waals surface area contributed by atoms with Crippen molar-refractivity contribution in [3.63, 3.8) is 0 Å². The van der Waals surface area contributed by atoms with Gasteiger partial charge in [0.15, 0.2) is 0 Å². The maximum Gasteiger partial charge on any atom is 1.00 e. The van der Waals surface area contributed by atoms with E-state index in [9.17, 15) is 43.7 Å². The molecule has 17 nitrogen and oxygen atoms in total. The molecule has 6 aromatic carbocycles. The van der Waals surface area contributed by atoms with Gasteiger partial charge >= 0.3 is 88.7 Å². The summed E-state index contributed by atoms with van der Waals surface area (Å²) in [6.07, 6.45) is 0.990. The van der Waals surface area contributed by atoms with Gasteiger partial charge in [-0.2, -0.15) is 10.2 Å². The minimum Gasteiger partial charge on any atom is -0.744 e.